The molecule has 1 aliphatic carbocycles. The van der Waals surface area contributed by atoms with Gasteiger partial charge in [0.15, 0.2) is 0 Å². The zero-order valence-corrected chi connectivity index (χ0v) is 9.41. The Labute approximate surface area is 98.5 Å². The minimum Gasteiger partial charge on any atom is -0.396 e. The van der Waals surface area contributed by atoms with Crippen LogP contribution in [0, 0.1) is 5.92 Å². The van der Waals surface area contributed by atoms with Gasteiger partial charge in [0, 0.05) is 12.6 Å². The van der Waals surface area contributed by atoms with E-state index in [4.69, 9.17) is 5.11 Å². The second-order valence-electron chi connectivity index (χ2n) is 4.65. The highest BCUT2D eigenvalue weighted by molar-refractivity contribution is 5.76. The monoisotopic (exact) mass is 230 g/mol. The Morgan fingerprint density at radius 2 is 2.12 bits per heavy atom. The van der Waals surface area contributed by atoms with Crippen molar-refractivity contribution in [3.8, 4) is 0 Å². The Bertz CT molecular complexity index is 600. The first kappa shape index (κ1) is 10.5. The Morgan fingerprint density at radius 3 is 2.88 bits per heavy atom. The fourth-order valence-corrected chi connectivity index (χ4v) is 2.42. The lowest BCUT2D eigenvalue weighted by Gasteiger charge is -2.35. The average molecular weight is 230 g/mol. The first-order valence-electron chi connectivity index (χ1n) is 5.86. The normalized spacial score (nSPS) is 23.6. The van der Waals surface area contributed by atoms with Crippen LogP contribution in [0.25, 0.3) is 10.9 Å². The average Bonchev–Trinajstić information content (AvgIpc) is 2.31. The predicted octanol–water partition coefficient (Wildman–Crippen LogP) is 1.34. The quantitative estimate of drug-likeness (QED) is 0.847. The van der Waals surface area contributed by atoms with E-state index in [1.54, 1.807) is 10.9 Å². The molecule has 1 fully saturated rings. The van der Waals surface area contributed by atoms with Crippen molar-refractivity contribution in [3.05, 3.63) is 40.9 Å². The van der Waals surface area contributed by atoms with Crippen molar-refractivity contribution in [2.24, 2.45) is 5.92 Å². The molecule has 0 bridgehead atoms. The third-order valence-corrected chi connectivity index (χ3v) is 3.55. The number of nitrogens with zero attached hydrogens (tertiary/aromatic N) is 2. The van der Waals surface area contributed by atoms with E-state index in [0.29, 0.717) is 11.3 Å². The van der Waals surface area contributed by atoms with E-state index in [0.717, 1.165) is 18.4 Å². The summed E-state index contributed by atoms with van der Waals surface area (Å²) in [5.41, 5.74) is 0.767. The molecule has 0 atom stereocenters. The van der Waals surface area contributed by atoms with Crippen molar-refractivity contribution in [1.29, 1.82) is 0 Å². The second-order valence-corrected chi connectivity index (χ2v) is 4.65. The van der Waals surface area contributed by atoms with E-state index in [2.05, 4.69) is 4.98 Å². The van der Waals surface area contributed by atoms with Gasteiger partial charge in [0.1, 0.15) is 0 Å². The molecule has 1 aromatic heterocycles. The summed E-state index contributed by atoms with van der Waals surface area (Å²) in [5.74, 6) is 0.346. The molecule has 88 valence electrons. The van der Waals surface area contributed by atoms with Crippen LogP contribution in [0.15, 0.2) is 35.4 Å². The Balaban J connectivity index is 2.02. The van der Waals surface area contributed by atoms with Crippen molar-refractivity contribution in [3.63, 3.8) is 0 Å². The highest BCUT2D eigenvalue weighted by atomic mass is 16.3. The number of hydrogen-bond acceptors (Lipinski definition) is 3. The first-order valence-corrected chi connectivity index (χ1v) is 5.86. The minimum absolute atomic E-state index is 0.0250. The summed E-state index contributed by atoms with van der Waals surface area (Å²) < 4.78 is 1.70. The number of aliphatic hydroxyl groups is 1. The number of rotatable bonds is 2. The Hall–Kier alpha value is -1.68. The van der Waals surface area contributed by atoms with Crippen LogP contribution in [0.5, 0.6) is 0 Å². The molecule has 0 saturated heterocycles. The molecular formula is C13H14N2O2. The third-order valence-electron chi connectivity index (χ3n) is 3.55. The van der Waals surface area contributed by atoms with E-state index < -0.39 is 0 Å². The maximum atomic E-state index is 12.2. The molecule has 1 aliphatic rings. The number of aromatic nitrogens is 2. The molecule has 0 unspecified atom stereocenters. The highest BCUT2D eigenvalue weighted by Gasteiger charge is 2.30. The van der Waals surface area contributed by atoms with Crippen LogP contribution in [-0.4, -0.2) is 21.3 Å². The minimum atomic E-state index is 0.0250. The lowest BCUT2D eigenvalue weighted by atomic mass is 9.81. The van der Waals surface area contributed by atoms with Crippen LogP contribution in [0.4, 0.5) is 0 Å². The number of fused-ring (bicyclic) bond motifs is 1. The smallest absolute Gasteiger partial charge is 0.261 e. The molecule has 2 aromatic rings. The summed E-state index contributed by atoms with van der Waals surface area (Å²) in [7, 11) is 0. The van der Waals surface area contributed by atoms with Gasteiger partial charge in [-0.05, 0) is 30.9 Å². The molecular weight excluding hydrogens is 216 g/mol. The lowest BCUT2D eigenvalue weighted by Crippen LogP contribution is -2.35. The van der Waals surface area contributed by atoms with Gasteiger partial charge in [-0.2, -0.15) is 0 Å². The molecule has 1 aromatic carbocycles. The zero-order valence-electron chi connectivity index (χ0n) is 9.41. The molecule has 1 N–H and O–H groups in total. The van der Waals surface area contributed by atoms with E-state index >= 15 is 0 Å². The molecule has 4 heteroatoms. The Morgan fingerprint density at radius 1 is 1.35 bits per heavy atom. The van der Waals surface area contributed by atoms with Gasteiger partial charge < -0.3 is 5.11 Å². The van der Waals surface area contributed by atoms with E-state index in [9.17, 15) is 4.79 Å². The van der Waals surface area contributed by atoms with E-state index in [1.165, 1.54) is 0 Å². The van der Waals surface area contributed by atoms with Gasteiger partial charge in [0.05, 0.1) is 17.2 Å². The summed E-state index contributed by atoms with van der Waals surface area (Å²) in [6, 6.07) is 7.59. The van der Waals surface area contributed by atoms with Gasteiger partial charge >= 0.3 is 0 Å². The zero-order chi connectivity index (χ0) is 11.8. The molecule has 1 heterocycles. The fourth-order valence-electron chi connectivity index (χ4n) is 2.42. The molecule has 0 aliphatic heterocycles. The predicted molar refractivity (Wildman–Crippen MR) is 64.8 cm³/mol. The maximum absolute atomic E-state index is 12.2. The van der Waals surface area contributed by atoms with Crippen LogP contribution in [-0.2, 0) is 0 Å². The van der Waals surface area contributed by atoms with Gasteiger partial charge in [0.25, 0.3) is 5.56 Å². The van der Waals surface area contributed by atoms with Gasteiger partial charge in [0.2, 0.25) is 0 Å². The SMILES string of the molecule is O=c1c2ccccc2ncn1C1CC(CO)C1. The molecule has 0 spiro atoms. The molecule has 17 heavy (non-hydrogen) atoms. The number of para-hydroxylation sites is 1. The number of aliphatic hydroxyl groups excluding tert-OH is 1. The maximum Gasteiger partial charge on any atom is 0.261 e. The summed E-state index contributed by atoms with van der Waals surface area (Å²) >= 11 is 0. The topological polar surface area (TPSA) is 55.1 Å². The Kier molecular flexibility index (Phi) is 2.44. The van der Waals surface area contributed by atoms with Crippen molar-refractivity contribution in [2.45, 2.75) is 18.9 Å². The van der Waals surface area contributed by atoms with Gasteiger partial charge in [-0.1, -0.05) is 12.1 Å². The van der Waals surface area contributed by atoms with Gasteiger partial charge in [-0.25, -0.2) is 4.98 Å². The molecule has 4 nitrogen and oxygen atoms in total. The van der Waals surface area contributed by atoms with Crippen LogP contribution >= 0.6 is 0 Å². The van der Waals surface area contributed by atoms with Crippen molar-refractivity contribution in [2.75, 3.05) is 6.61 Å². The van der Waals surface area contributed by atoms with E-state index in [1.807, 2.05) is 24.3 Å². The lowest BCUT2D eigenvalue weighted by molar-refractivity contribution is 0.110. The molecule has 0 radical (unpaired) electrons. The van der Waals surface area contributed by atoms with Crippen LogP contribution < -0.4 is 5.56 Å². The highest BCUT2D eigenvalue weighted by Crippen LogP contribution is 2.36. The molecule has 3 rings (SSSR count). The van der Waals surface area contributed by atoms with Crippen molar-refractivity contribution >= 4 is 10.9 Å². The standard InChI is InChI=1S/C13H14N2O2/c16-7-9-5-10(6-9)15-8-14-12-4-2-1-3-11(12)13(15)17/h1-4,8-10,16H,5-7H2. The summed E-state index contributed by atoms with van der Waals surface area (Å²) in [4.78, 5) is 16.5. The van der Waals surface area contributed by atoms with Crippen LogP contribution in [0.2, 0.25) is 0 Å². The fraction of sp³-hybridized carbons (Fsp3) is 0.385. The summed E-state index contributed by atoms with van der Waals surface area (Å²) in [6.07, 6.45) is 3.37. The first-order chi connectivity index (χ1) is 8.29. The second kappa shape index (κ2) is 3.96. The van der Waals surface area contributed by atoms with Crippen molar-refractivity contribution < 1.29 is 5.11 Å². The van der Waals surface area contributed by atoms with Gasteiger partial charge in [-0.3, -0.25) is 9.36 Å². The van der Waals surface area contributed by atoms with Crippen LogP contribution in [0.3, 0.4) is 0 Å². The van der Waals surface area contributed by atoms with E-state index in [-0.39, 0.29) is 18.2 Å². The van der Waals surface area contributed by atoms with Crippen LogP contribution in [0.1, 0.15) is 18.9 Å². The number of hydrogen-bond donors (Lipinski definition) is 1. The number of benzene rings is 1. The summed E-state index contributed by atoms with van der Waals surface area (Å²) in [6.45, 7) is 0.215. The van der Waals surface area contributed by atoms with Gasteiger partial charge in [-0.15, -0.1) is 0 Å². The van der Waals surface area contributed by atoms with Crippen molar-refractivity contribution in [1.82, 2.24) is 9.55 Å². The largest absolute Gasteiger partial charge is 0.396 e. The third kappa shape index (κ3) is 1.65. The summed E-state index contributed by atoms with van der Waals surface area (Å²) in [5, 5.41) is 9.66. The molecule has 0 amide bonds. The molecule has 1 saturated carbocycles.